The molecular formula is C17H18ClN3O2S. The third-order valence-electron chi connectivity index (χ3n) is 4.53. The molecule has 2 aliphatic heterocycles. The number of allylic oxidation sites excluding steroid dienone is 1. The van der Waals surface area contributed by atoms with Crippen LogP contribution in [0.4, 0.5) is 0 Å². The summed E-state index contributed by atoms with van der Waals surface area (Å²) in [6.07, 6.45) is 3.55. The predicted octanol–water partition coefficient (Wildman–Crippen LogP) is 4.00. The zero-order valence-corrected chi connectivity index (χ0v) is 14.7. The fourth-order valence-corrected chi connectivity index (χ4v) is 3.92. The van der Waals surface area contributed by atoms with E-state index in [4.69, 9.17) is 38.4 Å². The highest BCUT2D eigenvalue weighted by Crippen LogP contribution is 2.36. The third kappa shape index (κ3) is 2.63. The molecule has 2 saturated heterocycles. The molecule has 126 valence electrons. The Labute approximate surface area is 150 Å². The fraction of sp³-hybridized carbons (Fsp3) is 0.412. The lowest BCUT2D eigenvalue weighted by molar-refractivity contribution is -0.0974. The number of halogens is 1. The second-order valence-corrected chi connectivity index (χ2v) is 6.78. The molecule has 0 radical (unpaired) electrons. The van der Waals surface area contributed by atoms with Gasteiger partial charge in [-0.25, -0.2) is 4.68 Å². The van der Waals surface area contributed by atoms with Gasteiger partial charge < -0.3 is 9.47 Å². The van der Waals surface area contributed by atoms with E-state index in [0.717, 1.165) is 24.2 Å². The molecule has 1 aromatic carbocycles. The Morgan fingerprint density at radius 2 is 2.21 bits per heavy atom. The van der Waals surface area contributed by atoms with Gasteiger partial charge in [0.25, 0.3) is 0 Å². The van der Waals surface area contributed by atoms with Gasteiger partial charge >= 0.3 is 0 Å². The molecule has 0 unspecified atom stereocenters. The minimum Gasteiger partial charge on any atom is -0.350 e. The first-order chi connectivity index (χ1) is 11.7. The maximum Gasteiger partial charge on any atom is 0.198 e. The Balaban J connectivity index is 1.82. The molecule has 2 bridgehead atoms. The Morgan fingerprint density at radius 3 is 3.00 bits per heavy atom. The molecule has 0 spiro atoms. The summed E-state index contributed by atoms with van der Waals surface area (Å²) in [4.78, 5) is 0. The maximum atomic E-state index is 6.37. The molecule has 3 heterocycles. The van der Waals surface area contributed by atoms with Crippen molar-refractivity contribution in [2.24, 2.45) is 0 Å². The van der Waals surface area contributed by atoms with E-state index >= 15 is 0 Å². The van der Waals surface area contributed by atoms with Crippen molar-refractivity contribution in [1.82, 2.24) is 14.3 Å². The quantitative estimate of drug-likeness (QED) is 0.608. The smallest absolute Gasteiger partial charge is 0.198 e. The van der Waals surface area contributed by atoms with Gasteiger partial charge in [0, 0.05) is 18.5 Å². The highest BCUT2D eigenvalue weighted by molar-refractivity contribution is 7.71. The molecule has 0 aliphatic carbocycles. The monoisotopic (exact) mass is 363 g/mol. The Bertz CT molecular complexity index is 831. The summed E-state index contributed by atoms with van der Waals surface area (Å²) in [6.45, 7) is 5.00. The first-order valence-corrected chi connectivity index (χ1v) is 8.80. The summed E-state index contributed by atoms with van der Waals surface area (Å²) < 4.78 is 16.0. The molecule has 0 saturated carbocycles. The van der Waals surface area contributed by atoms with Gasteiger partial charge in [-0.2, -0.15) is 5.10 Å². The largest absolute Gasteiger partial charge is 0.350 e. The number of hydrogen-bond acceptors (Lipinski definition) is 4. The van der Waals surface area contributed by atoms with Crippen LogP contribution in [0.1, 0.15) is 18.9 Å². The van der Waals surface area contributed by atoms with Crippen LogP contribution >= 0.6 is 23.8 Å². The fourth-order valence-electron chi connectivity index (χ4n) is 3.37. The average molecular weight is 364 g/mol. The summed E-state index contributed by atoms with van der Waals surface area (Å²) >= 11 is 12.1. The van der Waals surface area contributed by atoms with Crippen molar-refractivity contribution in [3.05, 3.63) is 46.7 Å². The van der Waals surface area contributed by atoms with Crippen LogP contribution in [0.25, 0.3) is 11.4 Å². The lowest BCUT2D eigenvalue weighted by Crippen LogP contribution is -2.32. The van der Waals surface area contributed by atoms with E-state index in [2.05, 4.69) is 6.58 Å². The van der Waals surface area contributed by atoms with E-state index in [1.54, 1.807) is 0 Å². The summed E-state index contributed by atoms with van der Waals surface area (Å²) in [5.74, 6) is 0.756. The second-order valence-electron chi connectivity index (χ2n) is 6.01. The molecule has 2 fully saturated rings. The molecule has 2 aliphatic rings. The molecule has 24 heavy (non-hydrogen) atoms. The summed E-state index contributed by atoms with van der Waals surface area (Å²) in [5, 5.41) is 5.46. The van der Waals surface area contributed by atoms with Crippen molar-refractivity contribution in [1.29, 1.82) is 0 Å². The van der Waals surface area contributed by atoms with Crippen LogP contribution in [-0.4, -0.2) is 33.3 Å². The topological polar surface area (TPSA) is 41.2 Å². The molecule has 1 aromatic heterocycles. The van der Waals surface area contributed by atoms with E-state index in [9.17, 15) is 0 Å². The van der Waals surface area contributed by atoms with Gasteiger partial charge in [0.2, 0.25) is 0 Å². The van der Waals surface area contributed by atoms with Gasteiger partial charge in [-0.1, -0.05) is 29.8 Å². The molecular weight excluding hydrogens is 346 g/mol. The third-order valence-corrected chi connectivity index (χ3v) is 5.26. The van der Waals surface area contributed by atoms with E-state index < -0.39 is 0 Å². The first kappa shape index (κ1) is 16.0. The zero-order chi connectivity index (χ0) is 16.7. The molecule has 7 heteroatoms. The van der Waals surface area contributed by atoms with Crippen molar-refractivity contribution in [2.45, 2.75) is 37.8 Å². The van der Waals surface area contributed by atoms with Crippen molar-refractivity contribution in [3.8, 4) is 11.4 Å². The standard InChI is InChI=1S/C17H18ClN3O2S/c1-2-9-20-16(11-5-3-4-6-12(11)18)19-21(17(20)24)13-7-8-15-22-10-14(13)23-15/h2-6,13-15H,1,7-10H2/t13-,14+,15-/m0/s1. The Morgan fingerprint density at radius 1 is 1.38 bits per heavy atom. The van der Waals surface area contributed by atoms with Crippen LogP contribution in [0.3, 0.4) is 0 Å². The zero-order valence-electron chi connectivity index (χ0n) is 13.1. The van der Waals surface area contributed by atoms with Gasteiger partial charge in [-0.05, 0) is 30.8 Å². The van der Waals surface area contributed by atoms with Gasteiger partial charge in [0.1, 0.15) is 6.10 Å². The number of nitrogens with zero attached hydrogens (tertiary/aromatic N) is 3. The van der Waals surface area contributed by atoms with E-state index in [-0.39, 0.29) is 18.4 Å². The molecule has 3 atom stereocenters. The average Bonchev–Trinajstić information content (AvgIpc) is 3.11. The number of benzene rings is 1. The van der Waals surface area contributed by atoms with Crippen LogP contribution < -0.4 is 0 Å². The predicted molar refractivity (Wildman–Crippen MR) is 94.6 cm³/mol. The van der Waals surface area contributed by atoms with Gasteiger partial charge in [0.05, 0.1) is 17.7 Å². The lowest BCUT2D eigenvalue weighted by Gasteiger charge is -2.27. The van der Waals surface area contributed by atoms with Crippen LogP contribution in [0.15, 0.2) is 36.9 Å². The molecule has 5 nitrogen and oxygen atoms in total. The van der Waals surface area contributed by atoms with Crippen molar-refractivity contribution in [3.63, 3.8) is 0 Å². The second kappa shape index (κ2) is 6.44. The van der Waals surface area contributed by atoms with Gasteiger partial charge in [-0.15, -0.1) is 6.58 Å². The Hall–Kier alpha value is -1.47. The molecule has 2 aromatic rings. The Kier molecular flexibility index (Phi) is 4.30. The van der Waals surface area contributed by atoms with E-state index in [0.29, 0.717) is 22.9 Å². The first-order valence-electron chi connectivity index (χ1n) is 8.01. The number of ether oxygens (including phenoxy) is 2. The summed E-state index contributed by atoms with van der Waals surface area (Å²) in [5.41, 5.74) is 0.864. The SMILES string of the molecule is C=CCn1c(-c2ccccc2Cl)nn([C@H]2CC[C@H]3OC[C@H]2O3)c1=S. The number of fused-ring (bicyclic) bond motifs is 2. The summed E-state index contributed by atoms with van der Waals surface area (Å²) in [6, 6.07) is 7.75. The van der Waals surface area contributed by atoms with Crippen LogP contribution in [0.5, 0.6) is 0 Å². The van der Waals surface area contributed by atoms with Crippen LogP contribution in [0, 0.1) is 4.77 Å². The van der Waals surface area contributed by atoms with Crippen molar-refractivity contribution in [2.75, 3.05) is 6.61 Å². The highest BCUT2D eigenvalue weighted by atomic mass is 35.5. The normalized spacial score (nSPS) is 25.8. The number of rotatable bonds is 4. The maximum absolute atomic E-state index is 6.37. The van der Waals surface area contributed by atoms with Crippen LogP contribution in [-0.2, 0) is 16.0 Å². The molecule has 4 rings (SSSR count). The molecule has 0 N–H and O–H groups in total. The number of aromatic nitrogens is 3. The van der Waals surface area contributed by atoms with Crippen molar-refractivity contribution < 1.29 is 9.47 Å². The number of hydrogen-bond donors (Lipinski definition) is 0. The molecule has 0 amide bonds. The lowest BCUT2D eigenvalue weighted by atomic mass is 10.0. The van der Waals surface area contributed by atoms with Gasteiger partial charge in [-0.3, -0.25) is 4.57 Å². The van der Waals surface area contributed by atoms with Crippen LogP contribution in [0.2, 0.25) is 5.02 Å². The summed E-state index contributed by atoms with van der Waals surface area (Å²) in [7, 11) is 0. The minimum atomic E-state index is -0.0706. The van der Waals surface area contributed by atoms with E-state index in [1.807, 2.05) is 39.6 Å². The highest BCUT2D eigenvalue weighted by Gasteiger charge is 2.40. The van der Waals surface area contributed by atoms with E-state index in [1.165, 1.54) is 0 Å². The van der Waals surface area contributed by atoms with Gasteiger partial charge in [0.15, 0.2) is 16.9 Å². The minimum absolute atomic E-state index is 0.00151. The van der Waals surface area contributed by atoms with Crippen molar-refractivity contribution >= 4 is 23.8 Å².